The molecule has 6 N–H and O–H groups in total. The number of hydrogen-bond acceptors (Lipinski definition) is 6. The van der Waals surface area contributed by atoms with Gasteiger partial charge >= 0.3 is 11.9 Å². The number of aliphatic carboxylic acids is 2. The number of amides is 4. The molecule has 0 saturated carbocycles. The third kappa shape index (κ3) is 18.6. The van der Waals surface area contributed by atoms with Gasteiger partial charge in [0, 0.05) is 89.1 Å². The molecule has 0 aromatic rings. The summed E-state index contributed by atoms with van der Waals surface area (Å²) in [4.78, 5) is 61.6. The maximum Gasteiger partial charge on any atom is 0.306 e. The number of carbonyl (C=O) groups excluding carboxylic acids is 4. The van der Waals surface area contributed by atoms with Crippen molar-refractivity contribution in [3.63, 3.8) is 0 Å². The van der Waals surface area contributed by atoms with E-state index in [9.17, 15) is 28.8 Å². The van der Waals surface area contributed by atoms with Crippen LogP contribution in [0.15, 0.2) is 0 Å². The Balaban J connectivity index is -0.000000110. The molecule has 0 saturated heterocycles. The number of nitrogens with one attached hydrogen (secondary N) is 4. The van der Waals surface area contributed by atoms with Crippen LogP contribution in [0, 0.1) is 35.5 Å². The van der Waals surface area contributed by atoms with Gasteiger partial charge in [0.25, 0.3) is 0 Å². The van der Waals surface area contributed by atoms with Crippen molar-refractivity contribution >= 4 is 35.6 Å². The number of hydrogen-bond donors (Lipinski definition) is 2. The largest absolute Gasteiger partial charge is 0.668 e. The molecule has 14 heteroatoms. The topological polar surface area (TPSA) is 238 Å². The summed E-state index contributed by atoms with van der Waals surface area (Å²) in [5.74, 6) is -9.52. The van der Waals surface area contributed by atoms with Gasteiger partial charge in [-0.15, -0.1) is 0 Å². The fraction of sp³-hybridized carbons (Fsp3) is 0.667. The number of rotatable bonds is 9. The van der Waals surface area contributed by atoms with Crippen molar-refractivity contribution in [2.45, 2.75) is 41.5 Å². The van der Waals surface area contributed by atoms with Crippen LogP contribution < -0.4 is 0 Å². The van der Waals surface area contributed by atoms with E-state index in [-0.39, 0.29) is 65.4 Å². The molecule has 0 fully saturated rings. The summed E-state index contributed by atoms with van der Waals surface area (Å²) >= 11 is 0. The van der Waals surface area contributed by atoms with Gasteiger partial charge in [-0.05, 0) is 0 Å². The van der Waals surface area contributed by atoms with E-state index in [4.69, 9.17) is 33.1 Å². The summed E-state index contributed by atoms with van der Waals surface area (Å²) in [6.07, 6.45) is 0. The molecule has 0 aromatic carbocycles. The van der Waals surface area contributed by atoms with Gasteiger partial charge < -0.3 is 52.3 Å². The number of carboxylic acids is 2. The van der Waals surface area contributed by atoms with Gasteiger partial charge in [0.15, 0.2) is 0 Å². The molecule has 0 spiro atoms. The molecular formula is C18H30N4O8Y2-4. The van der Waals surface area contributed by atoms with Gasteiger partial charge in [-0.2, -0.15) is 0 Å². The van der Waals surface area contributed by atoms with Crippen molar-refractivity contribution in [2.75, 3.05) is 0 Å². The van der Waals surface area contributed by atoms with E-state index >= 15 is 0 Å². The van der Waals surface area contributed by atoms with Crippen LogP contribution in [0.5, 0.6) is 0 Å². The van der Waals surface area contributed by atoms with Crippen molar-refractivity contribution in [2.24, 2.45) is 35.5 Å². The molecule has 0 aliphatic heterocycles. The van der Waals surface area contributed by atoms with Crippen LogP contribution in [0.3, 0.4) is 0 Å². The van der Waals surface area contributed by atoms with Crippen LogP contribution in [0.4, 0.5) is 0 Å². The Labute approximate surface area is 238 Å². The Bertz CT molecular complexity index is 509. The molecule has 0 heterocycles. The zero-order chi connectivity index (χ0) is 24.9. The van der Waals surface area contributed by atoms with Gasteiger partial charge in [0.05, 0.1) is 35.5 Å². The Hall–Kier alpha value is -0.972. The van der Waals surface area contributed by atoms with Crippen LogP contribution in [-0.2, 0) is 94.2 Å². The molecule has 6 unspecified atom stereocenters. The quantitative estimate of drug-likeness (QED) is 0.393. The van der Waals surface area contributed by atoms with E-state index in [1.807, 2.05) is 0 Å². The van der Waals surface area contributed by atoms with Gasteiger partial charge in [-0.25, -0.2) is 0 Å². The predicted molar refractivity (Wildman–Crippen MR) is 108 cm³/mol. The minimum absolute atomic E-state index is 0. The first kappa shape index (κ1) is 41.3. The predicted octanol–water partition coefficient (Wildman–Crippen LogP) is 3.26. The molecule has 0 rings (SSSR count). The maximum atomic E-state index is 10.3. The Morgan fingerprint density at radius 2 is 0.562 bits per heavy atom. The Morgan fingerprint density at radius 3 is 0.625 bits per heavy atom. The average molecular weight is 608 g/mol. The van der Waals surface area contributed by atoms with Crippen molar-refractivity contribution in [3.8, 4) is 0 Å². The van der Waals surface area contributed by atoms with E-state index < -0.39 is 71.1 Å². The van der Waals surface area contributed by atoms with Crippen LogP contribution in [0.1, 0.15) is 41.5 Å². The second kappa shape index (κ2) is 20.6. The molecule has 0 aliphatic rings. The first-order valence-electron chi connectivity index (χ1n) is 8.87. The fourth-order valence-corrected chi connectivity index (χ4v) is 1.34. The fourth-order valence-electron chi connectivity index (χ4n) is 1.34. The average Bonchev–Trinajstić information content (AvgIpc) is 2.64. The third-order valence-corrected chi connectivity index (χ3v) is 4.68. The summed E-state index contributed by atoms with van der Waals surface area (Å²) in [5, 5.41) is 16.7. The van der Waals surface area contributed by atoms with Crippen LogP contribution >= 0.6 is 0 Å². The molecule has 6 atom stereocenters. The Morgan fingerprint density at radius 1 is 0.438 bits per heavy atom. The van der Waals surface area contributed by atoms with Crippen LogP contribution in [0.2, 0.25) is 0 Å². The summed E-state index contributed by atoms with van der Waals surface area (Å²) < 4.78 is 0. The van der Waals surface area contributed by atoms with Gasteiger partial charge in [-0.3, -0.25) is 9.59 Å². The molecule has 32 heavy (non-hydrogen) atoms. The first-order valence-corrected chi connectivity index (χ1v) is 8.87. The molecular weight excluding hydrogens is 578 g/mol. The van der Waals surface area contributed by atoms with Crippen molar-refractivity contribution in [1.29, 1.82) is 0 Å². The summed E-state index contributed by atoms with van der Waals surface area (Å²) in [6, 6.07) is 0. The molecule has 180 valence electrons. The van der Waals surface area contributed by atoms with E-state index in [0.717, 1.165) is 0 Å². The Kier molecular flexibility index (Phi) is 26.6. The normalized spacial score (nSPS) is 14.8. The summed E-state index contributed by atoms with van der Waals surface area (Å²) in [7, 11) is 0. The maximum absolute atomic E-state index is 10.3. The molecule has 0 aliphatic carbocycles. The van der Waals surface area contributed by atoms with E-state index in [1.165, 1.54) is 41.5 Å². The summed E-state index contributed by atoms with van der Waals surface area (Å²) in [5.41, 5.74) is 26.5. The SMILES string of the molecule is CC(C([NH-])=O)C(C)C(=O)O.CC(C([NH-])=O)C(C)C(=O)O.CC(C([NH-])=O)C(C)C([NH-])=O.[Y].[Y]. The third-order valence-electron chi connectivity index (χ3n) is 4.68. The zero-order valence-electron chi connectivity index (χ0n) is 19.0. The number of carboxylic acid groups (broad SMARTS) is 2. The minimum atomic E-state index is -1.03. The standard InChI is InChI=1S/C6H12N2O2.2C6H11NO3.2Y/c1-3(5(7)9)4(2)6(8)10;2*1-3(5(7)8)4(2)6(9)10;;/h3-4H,1-2H3,(H4,7,8,9,10);2*3-4H,1-2H3,(H3,7,8,9,10);;/p-4. The van der Waals surface area contributed by atoms with Gasteiger partial charge in [-0.1, -0.05) is 41.5 Å². The van der Waals surface area contributed by atoms with Crippen molar-refractivity contribution in [1.82, 2.24) is 0 Å². The smallest absolute Gasteiger partial charge is 0.306 e. The molecule has 2 radical (unpaired) electrons. The van der Waals surface area contributed by atoms with E-state index in [0.29, 0.717) is 0 Å². The summed E-state index contributed by atoms with van der Waals surface area (Å²) in [6.45, 7) is 8.67. The van der Waals surface area contributed by atoms with Crippen molar-refractivity contribution < 1.29 is 104 Å². The zero-order valence-corrected chi connectivity index (χ0v) is 24.6. The van der Waals surface area contributed by atoms with Crippen molar-refractivity contribution in [3.05, 3.63) is 22.9 Å². The van der Waals surface area contributed by atoms with E-state index in [2.05, 4.69) is 0 Å². The minimum Gasteiger partial charge on any atom is -0.668 e. The van der Waals surface area contributed by atoms with Crippen LogP contribution in [0.25, 0.3) is 22.9 Å². The second-order valence-corrected chi connectivity index (χ2v) is 6.87. The monoisotopic (exact) mass is 608 g/mol. The molecule has 0 aromatic heterocycles. The second-order valence-electron chi connectivity index (χ2n) is 6.87. The molecule has 4 amide bonds. The molecule has 0 bridgehead atoms. The van der Waals surface area contributed by atoms with Gasteiger partial charge in [0.2, 0.25) is 0 Å². The van der Waals surface area contributed by atoms with Crippen LogP contribution in [-0.4, -0.2) is 45.8 Å². The number of carbonyl (C=O) groups is 6. The molecule has 12 nitrogen and oxygen atoms in total. The van der Waals surface area contributed by atoms with E-state index in [1.54, 1.807) is 0 Å². The first-order chi connectivity index (χ1) is 13.4. The van der Waals surface area contributed by atoms with Gasteiger partial charge in [0.1, 0.15) is 0 Å².